The maximum atomic E-state index is 12.7. The Labute approximate surface area is 125 Å². The van der Waals surface area contributed by atoms with Gasteiger partial charge in [0.1, 0.15) is 5.82 Å². The summed E-state index contributed by atoms with van der Waals surface area (Å²) in [5.74, 6) is 0.684. The Morgan fingerprint density at radius 2 is 1.95 bits per heavy atom. The van der Waals surface area contributed by atoms with Crippen LogP contribution in [-0.2, 0) is 6.18 Å². The molecule has 0 fully saturated rings. The van der Waals surface area contributed by atoms with Gasteiger partial charge in [-0.3, -0.25) is 0 Å². The Balaban J connectivity index is 1.97. The van der Waals surface area contributed by atoms with Crippen LogP contribution in [-0.4, -0.2) is 24.1 Å². The summed E-state index contributed by atoms with van der Waals surface area (Å²) in [6, 6.07) is 8.78. The zero-order chi connectivity index (χ0) is 15.7. The minimum atomic E-state index is -4.33. The quantitative estimate of drug-likeness (QED) is 0.895. The molecule has 0 spiro atoms. The van der Waals surface area contributed by atoms with E-state index in [0.29, 0.717) is 24.6 Å². The lowest BCUT2D eigenvalue weighted by atomic mass is 10.1. The van der Waals surface area contributed by atoms with Crippen molar-refractivity contribution in [3.05, 3.63) is 48.2 Å². The minimum absolute atomic E-state index is 0.00954. The van der Waals surface area contributed by atoms with Crippen LogP contribution < -0.4 is 16.0 Å². The fraction of sp³-hybridized carbons (Fsp3) is 0.267. The fourth-order valence-electron chi connectivity index (χ4n) is 2.49. The normalized spacial score (nSPS) is 17.8. The molecule has 0 aliphatic carbocycles. The second-order valence-electron chi connectivity index (χ2n) is 5.10. The molecule has 3 rings (SSSR count). The number of benzene rings is 1. The Hall–Kier alpha value is -2.28. The van der Waals surface area contributed by atoms with Gasteiger partial charge in [-0.25, -0.2) is 4.98 Å². The van der Waals surface area contributed by atoms with Crippen molar-refractivity contribution >= 4 is 17.2 Å². The van der Waals surface area contributed by atoms with Crippen LogP contribution in [0.3, 0.4) is 0 Å². The highest BCUT2D eigenvalue weighted by Crippen LogP contribution is 2.36. The van der Waals surface area contributed by atoms with Crippen LogP contribution in [0.4, 0.5) is 30.4 Å². The van der Waals surface area contributed by atoms with Crippen LogP contribution in [0.2, 0.25) is 0 Å². The molecular formula is C15H15F3N4. The zero-order valence-corrected chi connectivity index (χ0v) is 11.6. The predicted molar refractivity (Wildman–Crippen MR) is 79.2 cm³/mol. The van der Waals surface area contributed by atoms with E-state index >= 15 is 0 Å². The van der Waals surface area contributed by atoms with Crippen molar-refractivity contribution in [2.45, 2.75) is 12.2 Å². The standard InChI is InChI=1S/C15H15F3N4/c16-15(17,18)10-3-5-12(6-4-10)22-9-11(8-19)21-14-13(22)2-1-7-20-14/h1-7,11H,8-9,19H2,(H,20,21)/t11-/m0/s1. The largest absolute Gasteiger partial charge is 0.416 e. The van der Waals surface area contributed by atoms with Gasteiger partial charge in [0.2, 0.25) is 0 Å². The van der Waals surface area contributed by atoms with Gasteiger partial charge in [0, 0.05) is 25.0 Å². The molecule has 1 aromatic heterocycles. The minimum Gasteiger partial charge on any atom is -0.363 e. The van der Waals surface area contributed by atoms with Crippen LogP contribution in [0.15, 0.2) is 42.6 Å². The van der Waals surface area contributed by atoms with Gasteiger partial charge in [-0.2, -0.15) is 13.2 Å². The molecule has 0 amide bonds. The summed E-state index contributed by atoms with van der Waals surface area (Å²) in [7, 11) is 0. The summed E-state index contributed by atoms with van der Waals surface area (Å²) in [5.41, 5.74) is 6.57. The molecule has 1 atom stereocenters. The Bertz CT molecular complexity index is 655. The summed E-state index contributed by atoms with van der Waals surface area (Å²) >= 11 is 0. The Morgan fingerprint density at radius 1 is 1.23 bits per heavy atom. The van der Waals surface area contributed by atoms with Gasteiger partial charge in [-0.1, -0.05) is 0 Å². The van der Waals surface area contributed by atoms with Crippen molar-refractivity contribution in [1.29, 1.82) is 0 Å². The Kier molecular flexibility index (Phi) is 3.66. The molecule has 1 aromatic carbocycles. The number of nitrogens with two attached hydrogens (primary N) is 1. The number of anilines is 3. The summed E-state index contributed by atoms with van der Waals surface area (Å²) in [6.45, 7) is 0.980. The van der Waals surface area contributed by atoms with E-state index in [-0.39, 0.29) is 6.04 Å². The Morgan fingerprint density at radius 3 is 2.59 bits per heavy atom. The van der Waals surface area contributed by atoms with E-state index in [2.05, 4.69) is 10.3 Å². The predicted octanol–water partition coefficient (Wildman–Crippen LogP) is 2.99. The summed E-state index contributed by atoms with van der Waals surface area (Å²) < 4.78 is 38.0. The monoisotopic (exact) mass is 308 g/mol. The molecule has 0 saturated heterocycles. The molecule has 0 unspecified atom stereocenters. The first kappa shape index (κ1) is 14.6. The lowest BCUT2D eigenvalue weighted by Crippen LogP contribution is -2.43. The average molecular weight is 308 g/mol. The molecule has 0 radical (unpaired) electrons. The van der Waals surface area contributed by atoms with Crippen molar-refractivity contribution in [2.24, 2.45) is 5.73 Å². The molecule has 22 heavy (non-hydrogen) atoms. The van der Waals surface area contributed by atoms with Gasteiger partial charge in [0.05, 0.1) is 17.3 Å². The van der Waals surface area contributed by atoms with Crippen molar-refractivity contribution in [1.82, 2.24) is 4.98 Å². The van der Waals surface area contributed by atoms with Gasteiger partial charge in [0.25, 0.3) is 0 Å². The van der Waals surface area contributed by atoms with Gasteiger partial charge in [-0.05, 0) is 36.4 Å². The van der Waals surface area contributed by atoms with E-state index in [1.165, 1.54) is 12.1 Å². The number of alkyl halides is 3. The first-order valence-electron chi connectivity index (χ1n) is 6.85. The molecule has 1 aliphatic heterocycles. The second-order valence-corrected chi connectivity index (χ2v) is 5.10. The molecular weight excluding hydrogens is 293 g/mol. The lowest BCUT2D eigenvalue weighted by molar-refractivity contribution is -0.137. The molecule has 1 aliphatic rings. The number of nitrogens with zero attached hydrogens (tertiary/aromatic N) is 2. The van der Waals surface area contributed by atoms with Gasteiger partial charge in [-0.15, -0.1) is 0 Å². The summed E-state index contributed by atoms with van der Waals surface area (Å²) in [6.07, 6.45) is -2.67. The lowest BCUT2D eigenvalue weighted by Gasteiger charge is -2.36. The number of hydrogen-bond donors (Lipinski definition) is 2. The SMILES string of the molecule is NC[C@H]1CN(c2ccc(C(F)(F)F)cc2)c2cccnc2N1. The van der Waals surface area contributed by atoms with Crippen LogP contribution in [0, 0.1) is 0 Å². The van der Waals surface area contributed by atoms with Crippen LogP contribution in [0.1, 0.15) is 5.56 Å². The third-order valence-corrected chi connectivity index (χ3v) is 3.61. The molecule has 4 nitrogen and oxygen atoms in total. The molecule has 116 valence electrons. The number of nitrogens with one attached hydrogen (secondary N) is 1. The summed E-state index contributed by atoms with van der Waals surface area (Å²) in [4.78, 5) is 6.19. The maximum absolute atomic E-state index is 12.7. The number of aromatic nitrogens is 1. The highest BCUT2D eigenvalue weighted by molar-refractivity contribution is 5.76. The van der Waals surface area contributed by atoms with Crippen LogP contribution in [0.5, 0.6) is 0 Å². The average Bonchev–Trinajstić information content (AvgIpc) is 2.53. The fourth-order valence-corrected chi connectivity index (χ4v) is 2.49. The molecule has 3 N–H and O–H groups in total. The third kappa shape index (κ3) is 2.71. The smallest absolute Gasteiger partial charge is 0.363 e. The van der Waals surface area contributed by atoms with Crippen molar-refractivity contribution in [3.63, 3.8) is 0 Å². The summed E-state index contributed by atoms with van der Waals surface area (Å²) in [5, 5.41) is 3.22. The third-order valence-electron chi connectivity index (χ3n) is 3.61. The van der Waals surface area contributed by atoms with E-state index in [0.717, 1.165) is 17.8 Å². The highest BCUT2D eigenvalue weighted by atomic mass is 19.4. The molecule has 7 heteroatoms. The van der Waals surface area contributed by atoms with E-state index < -0.39 is 11.7 Å². The van der Waals surface area contributed by atoms with Crippen molar-refractivity contribution < 1.29 is 13.2 Å². The zero-order valence-electron chi connectivity index (χ0n) is 11.6. The second kappa shape index (κ2) is 5.49. The molecule has 0 bridgehead atoms. The highest BCUT2D eigenvalue weighted by Gasteiger charge is 2.31. The van der Waals surface area contributed by atoms with Crippen LogP contribution >= 0.6 is 0 Å². The molecule has 2 heterocycles. The van der Waals surface area contributed by atoms with Gasteiger partial charge < -0.3 is 16.0 Å². The van der Waals surface area contributed by atoms with E-state index in [9.17, 15) is 13.2 Å². The van der Waals surface area contributed by atoms with Crippen LogP contribution in [0.25, 0.3) is 0 Å². The number of halogens is 3. The van der Waals surface area contributed by atoms with Crippen molar-refractivity contribution in [2.75, 3.05) is 23.3 Å². The maximum Gasteiger partial charge on any atom is 0.416 e. The molecule has 0 saturated carbocycles. The van der Waals surface area contributed by atoms with Gasteiger partial charge in [0.15, 0.2) is 0 Å². The number of pyridine rings is 1. The first-order valence-corrected chi connectivity index (χ1v) is 6.85. The number of fused-ring (bicyclic) bond motifs is 1. The first-order chi connectivity index (χ1) is 10.5. The number of hydrogen-bond acceptors (Lipinski definition) is 4. The van der Waals surface area contributed by atoms with E-state index in [1.807, 2.05) is 11.0 Å². The van der Waals surface area contributed by atoms with Gasteiger partial charge >= 0.3 is 6.18 Å². The number of rotatable bonds is 2. The van der Waals surface area contributed by atoms with E-state index in [4.69, 9.17) is 5.73 Å². The van der Waals surface area contributed by atoms with E-state index in [1.54, 1.807) is 12.3 Å². The van der Waals surface area contributed by atoms with Crippen molar-refractivity contribution in [3.8, 4) is 0 Å². The topological polar surface area (TPSA) is 54.2 Å². The molecule has 2 aromatic rings.